The van der Waals surface area contributed by atoms with Crippen LogP contribution < -0.4 is 4.90 Å². The summed E-state index contributed by atoms with van der Waals surface area (Å²) < 4.78 is 0. The van der Waals surface area contributed by atoms with Gasteiger partial charge in [0, 0.05) is 27.9 Å². The van der Waals surface area contributed by atoms with Crippen LogP contribution in [0.2, 0.25) is 0 Å². The summed E-state index contributed by atoms with van der Waals surface area (Å²) in [5.74, 6) is 0. The third-order valence-electron chi connectivity index (χ3n) is 7.39. The van der Waals surface area contributed by atoms with Gasteiger partial charge in [0.05, 0.1) is 0 Å². The van der Waals surface area contributed by atoms with Crippen molar-refractivity contribution in [3.63, 3.8) is 0 Å². The number of benzene rings is 1. The Morgan fingerprint density at radius 3 is 2.24 bits per heavy atom. The van der Waals surface area contributed by atoms with Gasteiger partial charge in [-0.2, -0.15) is 0 Å². The Labute approximate surface area is 174 Å². The molecule has 4 heteroatoms. The van der Waals surface area contributed by atoms with E-state index in [2.05, 4.69) is 69.6 Å². The van der Waals surface area contributed by atoms with Crippen molar-refractivity contribution in [2.45, 2.75) is 84.3 Å². The standard InChI is InChI=1S/C25H33N3O/c1-22(2,3)18-16-24-14-10-11-15-25(24)20(19(26-24)23(4,5)6)27(21(29)28(18)25)17-12-8-7-9-13-17/h7-9,12-13,16,20H,10-11,14-15H2,1-6H3. The van der Waals surface area contributed by atoms with Gasteiger partial charge in [0.15, 0.2) is 0 Å². The SMILES string of the molecule is CC(C)(C)C1=CC23CCCCC24C(C(C(C)(C)C)=N3)N(c2ccccc2)C(=O)N14. The molecule has 4 aliphatic rings. The third kappa shape index (κ3) is 2.21. The number of carbonyl (C=O) groups excluding carboxylic acids is 1. The largest absolute Gasteiger partial charge is 0.330 e. The van der Waals surface area contributed by atoms with E-state index >= 15 is 0 Å². The maximum absolute atomic E-state index is 14.1. The number of anilines is 1. The van der Waals surface area contributed by atoms with Crippen LogP contribution in [0.3, 0.4) is 0 Å². The second-order valence-electron chi connectivity index (χ2n) is 11.3. The first-order chi connectivity index (χ1) is 13.5. The molecule has 0 bridgehead atoms. The maximum atomic E-state index is 14.1. The highest BCUT2D eigenvalue weighted by Gasteiger charge is 2.76. The van der Waals surface area contributed by atoms with Crippen molar-refractivity contribution in [2.24, 2.45) is 15.8 Å². The third-order valence-corrected chi connectivity index (χ3v) is 7.39. The number of aliphatic imine (C=N–C) groups is 1. The Kier molecular flexibility index (Phi) is 3.60. The quantitative estimate of drug-likeness (QED) is 0.596. The number of rotatable bonds is 1. The fourth-order valence-electron chi connectivity index (χ4n) is 6.22. The van der Waals surface area contributed by atoms with Gasteiger partial charge in [0.2, 0.25) is 0 Å². The van der Waals surface area contributed by atoms with Gasteiger partial charge in [0.25, 0.3) is 0 Å². The highest BCUT2D eigenvalue weighted by atomic mass is 16.2. The van der Waals surface area contributed by atoms with E-state index in [1.165, 1.54) is 12.1 Å². The number of amides is 2. The summed E-state index contributed by atoms with van der Waals surface area (Å²) in [4.78, 5) is 23.9. The van der Waals surface area contributed by atoms with Gasteiger partial charge in [-0.3, -0.25) is 14.8 Å². The molecule has 29 heavy (non-hydrogen) atoms. The zero-order chi connectivity index (χ0) is 20.8. The molecule has 2 amide bonds. The summed E-state index contributed by atoms with van der Waals surface area (Å²) >= 11 is 0. The summed E-state index contributed by atoms with van der Waals surface area (Å²) in [6.07, 6.45) is 6.78. The average Bonchev–Trinajstić information content (AvgIpc) is 3.20. The zero-order valence-corrected chi connectivity index (χ0v) is 18.6. The number of para-hydroxylation sites is 1. The Hall–Kier alpha value is -2.10. The van der Waals surface area contributed by atoms with E-state index in [1.807, 2.05) is 18.2 Å². The molecule has 1 saturated heterocycles. The molecule has 1 aromatic carbocycles. The Morgan fingerprint density at radius 1 is 0.966 bits per heavy atom. The topological polar surface area (TPSA) is 35.9 Å². The Balaban J connectivity index is 1.81. The van der Waals surface area contributed by atoms with E-state index in [0.717, 1.165) is 30.6 Å². The fraction of sp³-hybridized carbons (Fsp3) is 0.600. The zero-order valence-electron chi connectivity index (χ0n) is 18.6. The molecule has 1 spiro atoms. The van der Waals surface area contributed by atoms with Gasteiger partial charge in [-0.15, -0.1) is 0 Å². The molecule has 3 atom stereocenters. The number of carbonyl (C=O) groups is 1. The molecular formula is C25H33N3O. The number of nitrogens with zero attached hydrogens (tertiary/aromatic N) is 3. The number of urea groups is 1. The van der Waals surface area contributed by atoms with E-state index in [9.17, 15) is 4.79 Å². The van der Waals surface area contributed by atoms with Gasteiger partial charge >= 0.3 is 6.03 Å². The predicted molar refractivity (Wildman–Crippen MR) is 118 cm³/mol. The van der Waals surface area contributed by atoms with Crippen LogP contribution >= 0.6 is 0 Å². The lowest BCUT2D eigenvalue weighted by atomic mass is 9.65. The molecule has 0 aromatic heterocycles. The van der Waals surface area contributed by atoms with Gasteiger partial charge in [-0.25, -0.2) is 4.79 Å². The first-order valence-corrected chi connectivity index (χ1v) is 11.1. The van der Waals surface area contributed by atoms with E-state index < -0.39 is 0 Å². The predicted octanol–water partition coefficient (Wildman–Crippen LogP) is 5.79. The lowest BCUT2D eigenvalue weighted by molar-refractivity contribution is 0.102. The molecule has 0 N–H and O–H groups in total. The molecule has 2 fully saturated rings. The molecule has 3 aliphatic heterocycles. The van der Waals surface area contributed by atoms with Crippen LogP contribution in [0, 0.1) is 10.8 Å². The second kappa shape index (κ2) is 5.53. The normalized spacial score (nSPS) is 33.6. The van der Waals surface area contributed by atoms with E-state index in [0.29, 0.717) is 0 Å². The van der Waals surface area contributed by atoms with Gasteiger partial charge in [-0.1, -0.05) is 72.6 Å². The molecule has 5 rings (SSSR count). The fourth-order valence-corrected chi connectivity index (χ4v) is 6.22. The Morgan fingerprint density at radius 2 is 1.62 bits per heavy atom. The lowest BCUT2D eigenvalue weighted by Crippen LogP contribution is -2.62. The number of allylic oxidation sites excluding steroid dienone is 1. The molecule has 0 radical (unpaired) electrons. The lowest BCUT2D eigenvalue weighted by Gasteiger charge is -2.46. The Bertz CT molecular complexity index is 933. The minimum atomic E-state index is -0.277. The maximum Gasteiger partial charge on any atom is 0.330 e. The molecule has 3 heterocycles. The molecule has 4 nitrogen and oxygen atoms in total. The summed E-state index contributed by atoms with van der Waals surface area (Å²) in [6.45, 7) is 13.4. The van der Waals surface area contributed by atoms with Crippen molar-refractivity contribution in [1.29, 1.82) is 0 Å². The van der Waals surface area contributed by atoms with Crippen molar-refractivity contribution >= 4 is 17.4 Å². The van der Waals surface area contributed by atoms with Crippen LogP contribution in [0.4, 0.5) is 10.5 Å². The van der Waals surface area contributed by atoms with Crippen LogP contribution in [-0.4, -0.2) is 33.8 Å². The second-order valence-corrected chi connectivity index (χ2v) is 11.3. The average molecular weight is 392 g/mol. The minimum absolute atomic E-state index is 0.00574. The summed E-state index contributed by atoms with van der Waals surface area (Å²) in [5, 5.41) is 0. The monoisotopic (exact) mass is 391 g/mol. The van der Waals surface area contributed by atoms with Crippen molar-refractivity contribution < 1.29 is 4.79 Å². The van der Waals surface area contributed by atoms with Crippen LogP contribution in [0.15, 0.2) is 47.1 Å². The van der Waals surface area contributed by atoms with Crippen molar-refractivity contribution in [2.75, 3.05) is 4.90 Å². The number of hydrogen-bond acceptors (Lipinski definition) is 2. The number of hydrogen-bond donors (Lipinski definition) is 0. The first-order valence-electron chi connectivity index (χ1n) is 11.1. The highest BCUT2D eigenvalue weighted by Crippen LogP contribution is 2.64. The van der Waals surface area contributed by atoms with Crippen molar-refractivity contribution in [3.05, 3.63) is 42.1 Å². The molecule has 154 valence electrons. The van der Waals surface area contributed by atoms with E-state index in [4.69, 9.17) is 4.99 Å². The van der Waals surface area contributed by atoms with Gasteiger partial charge < -0.3 is 0 Å². The summed E-state index contributed by atoms with van der Waals surface area (Å²) in [7, 11) is 0. The van der Waals surface area contributed by atoms with Crippen LogP contribution in [0.1, 0.15) is 67.2 Å². The van der Waals surface area contributed by atoms with E-state index in [1.54, 1.807) is 0 Å². The first kappa shape index (κ1) is 18.9. The van der Waals surface area contributed by atoms with Crippen LogP contribution in [0.25, 0.3) is 0 Å². The van der Waals surface area contributed by atoms with Crippen LogP contribution in [-0.2, 0) is 0 Å². The summed E-state index contributed by atoms with van der Waals surface area (Å²) in [5.41, 5.74) is 2.59. The molecule has 1 saturated carbocycles. The molecular weight excluding hydrogens is 358 g/mol. The smallest absolute Gasteiger partial charge is 0.286 e. The molecule has 1 aromatic rings. The molecule has 3 unspecified atom stereocenters. The summed E-state index contributed by atoms with van der Waals surface area (Å²) in [6, 6.07) is 10.3. The van der Waals surface area contributed by atoms with Crippen molar-refractivity contribution in [1.82, 2.24) is 4.90 Å². The molecule has 1 aliphatic carbocycles. The van der Waals surface area contributed by atoms with Crippen molar-refractivity contribution in [3.8, 4) is 0 Å². The van der Waals surface area contributed by atoms with Crippen LogP contribution in [0.5, 0.6) is 0 Å². The van der Waals surface area contributed by atoms with E-state index in [-0.39, 0.29) is 34.0 Å². The minimum Gasteiger partial charge on any atom is -0.286 e. The highest BCUT2D eigenvalue weighted by molar-refractivity contribution is 6.12. The van der Waals surface area contributed by atoms with Gasteiger partial charge in [0.1, 0.15) is 17.1 Å². The van der Waals surface area contributed by atoms with Gasteiger partial charge in [-0.05, 0) is 31.1 Å².